The number of aryl methyl sites for hydroxylation is 1. The molecule has 0 saturated carbocycles. The summed E-state index contributed by atoms with van der Waals surface area (Å²) in [6, 6.07) is 4.52. The first kappa shape index (κ1) is 6.27. The van der Waals surface area contributed by atoms with Gasteiger partial charge in [0, 0.05) is 0 Å². The molecule has 0 bridgehead atoms. The van der Waals surface area contributed by atoms with Crippen LogP contribution in [-0.4, -0.2) is 0 Å². The van der Waals surface area contributed by atoms with Crippen LogP contribution in [0.15, 0.2) is 18.2 Å². The van der Waals surface area contributed by atoms with Crippen molar-refractivity contribution in [2.24, 2.45) is 0 Å². The third-order valence-corrected chi connectivity index (χ3v) is 1.18. The van der Waals surface area contributed by atoms with Crippen molar-refractivity contribution in [2.45, 2.75) is 6.92 Å². The van der Waals surface area contributed by atoms with Crippen molar-refractivity contribution in [2.75, 3.05) is 0 Å². The number of hydrogen-bond acceptors (Lipinski definition) is 0. The predicted octanol–water partition coefficient (Wildman–Crippen LogP) is 2.19. The van der Waals surface area contributed by atoms with Gasteiger partial charge in [0.05, 0.1) is 0 Å². The molecular weight excluding hydrogens is 115 g/mol. The zero-order chi connectivity index (χ0) is 6.85. The Morgan fingerprint density at radius 3 is 2.56 bits per heavy atom. The summed E-state index contributed by atoms with van der Waals surface area (Å²) in [5.41, 5.74) is 1.20. The third kappa shape index (κ3) is 1.28. The van der Waals surface area contributed by atoms with E-state index in [1.807, 2.05) is 0 Å². The minimum atomic E-state index is -0.204. The maximum Gasteiger partial charge on any atom is 0.126 e. The van der Waals surface area contributed by atoms with Crippen molar-refractivity contribution in [3.63, 3.8) is 0 Å². The van der Waals surface area contributed by atoms with Gasteiger partial charge in [-0.1, -0.05) is 12.1 Å². The fourth-order valence-electron chi connectivity index (χ4n) is 0.668. The summed E-state index contributed by atoms with van der Waals surface area (Å²) >= 11 is 0. The van der Waals surface area contributed by atoms with Crippen LogP contribution in [0.4, 0.5) is 4.39 Å². The summed E-state index contributed by atoms with van der Waals surface area (Å²) in [5, 5.41) is 0. The van der Waals surface area contributed by atoms with E-state index in [1.54, 1.807) is 19.1 Å². The summed E-state index contributed by atoms with van der Waals surface area (Å²) in [6.07, 6.45) is 0. The summed E-state index contributed by atoms with van der Waals surface area (Å²) in [5.74, 6) is -0.204. The van der Waals surface area contributed by atoms with Gasteiger partial charge in [-0.25, -0.2) is 4.39 Å². The molecule has 0 nitrogen and oxygen atoms in total. The first-order chi connectivity index (χ1) is 4.20. The highest BCUT2D eigenvalue weighted by atomic mass is 19.1. The SMILES string of the molecule is [CH]c1ccc(F)c(C)c1. The third-order valence-electron chi connectivity index (χ3n) is 1.18. The van der Waals surface area contributed by atoms with E-state index in [4.69, 9.17) is 6.92 Å². The van der Waals surface area contributed by atoms with Gasteiger partial charge in [-0.05, 0) is 31.0 Å². The minimum absolute atomic E-state index is 0.204. The van der Waals surface area contributed by atoms with Crippen LogP contribution < -0.4 is 0 Å². The van der Waals surface area contributed by atoms with E-state index in [1.165, 1.54) is 6.07 Å². The Balaban J connectivity index is 3.17. The van der Waals surface area contributed by atoms with E-state index < -0.39 is 0 Å². The average Bonchev–Trinajstić information content (AvgIpc) is 1.80. The molecule has 1 aromatic carbocycles. The Kier molecular flexibility index (Phi) is 1.52. The smallest absolute Gasteiger partial charge is 0.126 e. The normalized spacial score (nSPS) is 9.67. The molecule has 0 N–H and O–H groups in total. The summed E-state index contributed by atoms with van der Waals surface area (Å²) in [6.45, 7) is 7.05. The van der Waals surface area contributed by atoms with Crippen molar-refractivity contribution in [1.29, 1.82) is 0 Å². The fraction of sp³-hybridized carbons (Fsp3) is 0.125. The van der Waals surface area contributed by atoms with E-state index in [0.29, 0.717) is 11.1 Å². The lowest BCUT2D eigenvalue weighted by Crippen LogP contribution is -1.81. The largest absolute Gasteiger partial charge is 0.207 e. The molecule has 0 atom stereocenters. The van der Waals surface area contributed by atoms with Crippen LogP contribution in [0.1, 0.15) is 11.1 Å². The highest BCUT2D eigenvalue weighted by Gasteiger charge is 1.93. The Bertz CT molecular complexity index is 216. The van der Waals surface area contributed by atoms with Crippen LogP contribution in [0.5, 0.6) is 0 Å². The van der Waals surface area contributed by atoms with Crippen LogP contribution in [-0.2, 0) is 0 Å². The first-order valence-corrected chi connectivity index (χ1v) is 2.72. The second kappa shape index (κ2) is 2.18. The minimum Gasteiger partial charge on any atom is -0.207 e. The van der Waals surface area contributed by atoms with Gasteiger partial charge >= 0.3 is 0 Å². The molecule has 1 rings (SSSR count). The van der Waals surface area contributed by atoms with Crippen LogP contribution >= 0.6 is 0 Å². The Labute approximate surface area is 54.3 Å². The second-order valence-electron chi connectivity index (χ2n) is 2.01. The lowest BCUT2D eigenvalue weighted by atomic mass is 10.1. The molecule has 0 heterocycles. The standard InChI is InChI=1S/C8H7F/c1-6-3-4-8(9)7(2)5-6/h1,3-5H,2H3. The molecule has 46 valence electrons. The molecule has 0 amide bonds. The van der Waals surface area contributed by atoms with Crippen LogP contribution in [0.3, 0.4) is 0 Å². The van der Waals surface area contributed by atoms with E-state index in [-0.39, 0.29) is 5.82 Å². The van der Waals surface area contributed by atoms with Gasteiger partial charge in [0.25, 0.3) is 0 Å². The van der Waals surface area contributed by atoms with Gasteiger partial charge in [-0.15, -0.1) is 0 Å². The van der Waals surface area contributed by atoms with E-state index in [0.717, 1.165) is 0 Å². The molecule has 9 heavy (non-hydrogen) atoms. The first-order valence-electron chi connectivity index (χ1n) is 2.72. The molecular formula is C8H7F. The van der Waals surface area contributed by atoms with Gasteiger partial charge in [0.2, 0.25) is 0 Å². The topological polar surface area (TPSA) is 0 Å². The van der Waals surface area contributed by atoms with Gasteiger partial charge in [0.1, 0.15) is 5.82 Å². The number of halogens is 1. The van der Waals surface area contributed by atoms with Gasteiger partial charge in [-0.3, -0.25) is 0 Å². The zero-order valence-corrected chi connectivity index (χ0v) is 5.19. The monoisotopic (exact) mass is 122 g/mol. The molecule has 0 aliphatic carbocycles. The summed E-state index contributed by atoms with van der Waals surface area (Å²) < 4.78 is 12.4. The van der Waals surface area contributed by atoms with Gasteiger partial charge in [-0.2, -0.15) is 0 Å². The molecule has 1 heteroatoms. The molecule has 0 aromatic heterocycles. The number of hydrogen-bond donors (Lipinski definition) is 0. The second-order valence-corrected chi connectivity index (χ2v) is 2.01. The van der Waals surface area contributed by atoms with Crippen molar-refractivity contribution in [1.82, 2.24) is 0 Å². The van der Waals surface area contributed by atoms with Crippen molar-refractivity contribution in [3.8, 4) is 0 Å². The molecule has 0 aliphatic heterocycles. The Morgan fingerprint density at radius 2 is 2.11 bits per heavy atom. The highest BCUT2D eigenvalue weighted by Crippen LogP contribution is 2.06. The Morgan fingerprint density at radius 1 is 1.44 bits per heavy atom. The lowest BCUT2D eigenvalue weighted by Gasteiger charge is -1.94. The molecule has 1 aromatic rings. The molecule has 0 unspecified atom stereocenters. The number of rotatable bonds is 0. The van der Waals surface area contributed by atoms with Crippen molar-refractivity contribution in [3.05, 3.63) is 42.1 Å². The maximum atomic E-state index is 12.4. The summed E-state index contributed by atoms with van der Waals surface area (Å²) in [7, 11) is 0. The zero-order valence-electron chi connectivity index (χ0n) is 5.19. The summed E-state index contributed by atoms with van der Waals surface area (Å²) in [4.78, 5) is 0. The van der Waals surface area contributed by atoms with E-state index >= 15 is 0 Å². The van der Waals surface area contributed by atoms with Crippen LogP contribution in [0, 0.1) is 19.7 Å². The number of benzene rings is 1. The Hall–Kier alpha value is -0.850. The quantitative estimate of drug-likeness (QED) is 0.494. The maximum absolute atomic E-state index is 12.4. The molecule has 0 aliphatic rings. The van der Waals surface area contributed by atoms with Crippen molar-refractivity contribution < 1.29 is 4.39 Å². The van der Waals surface area contributed by atoms with E-state index in [9.17, 15) is 4.39 Å². The van der Waals surface area contributed by atoms with Crippen LogP contribution in [0.2, 0.25) is 0 Å². The predicted molar refractivity (Wildman–Crippen MR) is 34.5 cm³/mol. The average molecular weight is 122 g/mol. The molecule has 0 spiro atoms. The molecule has 0 fully saturated rings. The van der Waals surface area contributed by atoms with Gasteiger partial charge in [0.15, 0.2) is 0 Å². The molecule has 2 radical (unpaired) electrons. The van der Waals surface area contributed by atoms with E-state index in [2.05, 4.69) is 0 Å². The van der Waals surface area contributed by atoms with Crippen molar-refractivity contribution >= 4 is 0 Å². The van der Waals surface area contributed by atoms with Crippen LogP contribution in [0.25, 0.3) is 0 Å². The highest BCUT2D eigenvalue weighted by molar-refractivity contribution is 5.25. The lowest BCUT2D eigenvalue weighted by molar-refractivity contribution is 0.618. The molecule has 0 saturated heterocycles. The van der Waals surface area contributed by atoms with Gasteiger partial charge < -0.3 is 0 Å². The fourth-order valence-corrected chi connectivity index (χ4v) is 0.668.